The molecule has 0 saturated carbocycles. The summed E-state index contributed by atoms with van der Waals surface area (Å²) in [7, 11) is -2.29. The molecule has 1 unspecified atom stereocenters. The smallest absolute Gasteiger partial charge is 0.305 e. The van der Waals surface area contributed by atoms with Crippen LogP contribution in [0.2, 0.25) is 0 Å². The van der Waals surface area contributed by atoms with E-state index < -0.39 is 22.1 Å². The summed E-state index contributed by atoms with van der Waals surface area (Å²) in [5, 5.41) is 11.1. The van der Waals surface area contributed by atoms with Crippen LogP contribution >= 0.6 is 11.3 Å². The third kappa shape index (κ3) is 5.53. The number of sulfonamides is 1. The summed E-state index contributed by atoms with van der Waals surface area (Å²) in [4.78, 5) is 14.8. The van der Waals surface area contributed by atoms with Gasteiger partial charge >= 0.3 is 5.97 Å². The van der Waals surface area contributed by atoms with Crippen LogP contribution in [0.3, 0.4) is 0 Å². The number of hydrogen-bond acceptors (Lipinski definition) is 7. The molecule has 0 spiro atoms. The first kappa shape index (κ1) is 15.9. The van der Waals surface area contributed by atoms with E-state index in [9.17, 15) is 18.3 Å². The molecule has 19 heavy (non-hydrogen) atoms. The predicted octanol–water partition coefficient (Wildman–Crippen LogP) is 0.891. The van der Waals surface area contributed by atoms with Crippen LogP contribution in [-0.2, 0) is 19.6 Å². The third-order valence-corrected chi connectivity index (χ3v) is 4.45. The maximum atomic E-state index is 11.7. The van der Waals surface area contributed by atoms with E-state index >= 15 is 0 Å². The standard InChI is InChI=1S/C10H16N2O5S2/c1-7(13)8-6-18-10(11-8)12-19(15,16)5-3-4-9(14)17-2/h6-7,13H,3-5H2,1-2H3,(H,11,12). The molecule has 0 aromatic carbocycles. The Hall–Kier alpha value is -1.19. The van der Waals surface area contributed by atoms with Crippen LogP contribution in [0.15, 0.2) is 5.38 Å². The number of nitrogens with one attached hydrogen (secondary N) is 1. The zero-order valence-electron chi connectivity index (χ0n) is 10.6. The molecule has 0 fully saturated rings. The molecular formula is C10H16N2O5S2. The lowest BCUT2D eigenvalue weighted by Gasteiger charge is -2.04. The second-order valence-electron chi connectivity index (χ2n) is 3.85. The lowest BCUT2D eigenvalue weighted by atomic mass is 10.3. The van der Waals surface area contributed by atoms with Crippen molar-refractivity contribution in [3.63, 3.8) is 0 Å². The van der Waals surface area contributed by atoms with Crippen LogP contribution in [-0.4, -0.2) is 37.3 Å². The number of carbonyl (C=O) groups excluding carboxylic acids is 1. The SMILES string of the molecule is COC(=O)CCCS(=O)(=O)Nc1nc(C(C)O)cs1. The van der Waals surface area contributed by atoms with Crippen molar-refractivity contribution in [1.29, 1.82) is 0 Å². The number of methoxy groups -OCH3 is 1. The summed E-state index contributed by atoms with van der Waals surface area (Å²) in [5.41, 5.74) is 0.414. The van der Waals surface area contributed by atoms with E-state index in [4.69, 9.17) is 0 Å². The summed E-state index contributed by atoms with van der Waals surface area (Å²) < 4.78 is 30.1. The van der Waals surface area contributed by atoms with Crippen molar-refractivity contribution in [2.45, 2.75) is 25.9 Å². The van der Waals surface area contributed by atoms with Crippen LogP contribution < -0.4 is 4.72 Å². The average Bonchev–Trinajstić information content (AvgIpc) is 2.76. The fraction of sp³-hybridized carbons (Fsp3) is 0.600. The van der Waals surface area contributed by atoms with Crippen molar-refractivity contribution >= 4 is 32.5 Å². The molecule has 2 N–H and O–H groups in total. The first-order chi connectivity index (χ1) is 8.84. The number of nitrogens with zero attached hydrogens (tertiary/aromatic N) is 1. The average molecular weight is 308 g/mol. The normalized spacial score (nSPS) is 13.0. The quantitative estimate of drug-likeness (QED) is 0.725. The molecule has 0 amide bonds. The molecule has 7 nitrogen and oxygen atoms in total. The largest absolute Gasteiger partial charge is 0.469 e. The molecule has 1 rings (SSSR count). The summed E-state index contributed by atoms with van der Waals surface area (Å²) in [6, 6.07) is 0. The Morgan fingerprint density at radius 3 is 2.84 bits per heavy atom. The molecule has 1 atom stereocenters. The van der Waals surface area contributed by atoms with Crippen LogP contribution in [0.25, 0.3) is 0 Å². The van der Waals surface area contributed by atoms with E-state index in [1.54, 1.807) is 12.3 Å². The number of anilines is 1. The number of carbonyl (C=O) groups is 1. The van der Waals surface area contributed by atoms with Gasteiger partial charge in [-0.25, -0.2) is 13.4 Å². The topological polar surface area (TPSA) is 106 Å². The minimum Gasteiger partial charge on any atom is -0.469 e. The lowest BCUT2D eigenvalue weighted by Crippen LogP contribution is -2.17. The Balaban J connectivity index is 2.51. The van der Waals surface area contributed by atoms with E-state index in [2.05, 4.69) is 14.4 Å². The fourth-order valence-corrected chi connectivity index (χ4v) is 3.37. The first-order valence-corrected chi connectivity index (χ1v) is 8.08. The van der Waals surface area contributed by atoms with Crippen LogP contribution in [0, 0.1) is 0 Å². The highest BCUT2D eigenvalue weighted by Gasteiger charge is 2.15. The monoisotopic (exact) mass is 308 g/mol. The minimum absolute atomic E-state index is 0.0498. The number of thiazole rings is 1. The van der Waals surface area contributed by atoms with Gasteiger partial charge in [0.15, 0.2) is 5.13 Å². The molecular weight excluding hydrogens is 292 g/mol. The molecule has 0 aliphatic carbocycles. The number of rotatable bonds is 7. The molecule has 1 aromatic heterocycles. The van der Waals surface area contributed by atoms with Crippen molar-refractivity contribution in [1.82, 2.24) is 4.98 Å². The minimum atomic E-state index is -3.54. The highest BCUT2D eigenvalue weighted by atomic mass is 32.2. The fourth-order valence-electron chi connectivity index (χ4n) is 1.22. The van der Waals surface area contributed by atoms with Gasteiger partial charge < -0.3 is 9.84 Å². The third-order valence-electron chi connectivity index (χ3n) is 2.21. The van der Waals surface area contributed by atoms with Gasteiger partial charge in [-0.1, -0.05) is 0 Å². The summed E-state index contributed by atoms with van der Waals surface area (Å²) in [6.07, 6.45) is -0.515. The molecule has 1 aromatic rings. The molecule has 0 bridgehead atoms. The summed E-state index contributed by atoms with van der Waals surface area (Å²) in [5.74, 6) is -0.632. The molecule has 108 valence electrons. The van der Waals surface area contributed by atoms with Gasteiger partial charge in [0.05, 0.1) is 24.7 Å². The van der Waals surface area contributed by atoms with E-state index in [1.807, 2.05) is 0 Å². The van der Waals surface area contributed by atoms with Crippen LogP contribution in [0.1, 0.15) is 31.6 Å². The van der Waals surface area contributed by atoms with Crippen LogP contribution in [0.4, 0.5) is 5.13 Å². The Morgan fingerprint density at radius 1 is 1.63 bits per heavy atom. The molecule has 0 saturated heterocycles. The molecule has 9 heteroatoms. The first-order valence-electron chi connectivity index (χ1n) is 5.55. The molecule has 0 radical (unpaired) electrons. The summed E-state index contributed by atoms with van der Waals surface area (Å²) >= 11 is 1.10. The Labute approximate surface area is 115 Å². The zero-order valence-corrected chi connectivity index (χ0v) is 12.3. The highest BCUT2D eigenvalue weighted by Crippen LogP contribution is 2.21. The number of esters is 1. The van der Waals surface area contributed by atoms with Gasteiger partial charge in [0.2, 0.25) is 10.0 Å². The van der Waals surface area contributed by atoms with Gasteiger partial charge in [-0.05, 0) is 13.3 Å². The van der Waals surface area contributed by atoms with Gasteiger partial charge in [-0.15, -0.1) is 11.3 Å². The molecule has 1 heterocycles. The number of aliphatic hydroxyl groups is 1. The van der Waals surface area contributed by atoms with Gasteiger partial charge in [0.25, 0.3) is 0 Å². The number of aromatic nitrogens is 1. The van der Waals surface area contributed by atoms with Gasteiger partial charge in [0.1, 0.15) is 0 Å². The van der Waals surface area contributed by atoms with E-state index in [1.165, 1.54) is 7.11 Å². The van der Waals surface area contributed by atoms with E-state index in [0.29, 0.717) is 5.69 Å². The van der Waals surface area contributed by atoms with Crippen molar-refractivity contribution in [3.05, 3.63) is 11.1 Å². The maximum absolute atomic E-state index is 11.7. The maximum Gasteiger partial charge on any atom is 0.305 e. The van der Waals surface area contributed by atoms with Gasteiger partial charge in [-0.2, -0.15) is 0 Å². The zero-order chi connectivity index (χ0) is 14.5. The molecule has 0 aliphatic heterocycles. The Kier molecular flexibility index (Phi) is 5.70. The number of ether oxygens (including phenoxy) is 1. The number of aliphatic hydroxyl groups excluding tert-OH is 1. The summed E-state index contributed by atoms with van der Waals surface area (Å²) in [6.45, 7) is 1.55. The second-order valence-corrected chi connectivity index (χ2v) is 6.55. The highest BCUT2D eigenvalue weighted by molar-refractivity contribution is 7.92. The second kappa shape index (κ2) is 6.83. The molecule has 0 aliphatic rings. The predicted molar refractivity (Wildman–Crippen MR) is 71.4 cm³/mol. The lowest BCUT2D eigenvalue weighted by molar-refractivity contribution is -0.140. The van der Waals surface area contributed by atoms with Gasteiger partial charge in [0, 0.05) is 11.8 Å². The van der Waals surface area contributed by atoms with Crippen molar-refractivity contribution < 1.29 is 23.1 Å². The van der Waals surface area contributed by atoms with E-state index in [0.717, 1.165) is 11.3 Å². The Bertz CT molecular complexity index is 524. The van der Waals surface area contributed by atoms with Crippen molar-refractivity contribution in [2.75, 3.05) is 17.6 Å². The van der Waals surface area contributed by atoms with Crippen molar-refractivity contribution in [2.24, 2.45) is 0 Å². The Morgan fingerprint density at radius 2 is 2.32 bits per heavy atom. The van der Waals surface area contributed by atoms with E-state index in [-0.39, 0.29) is 23.7 Å². The van der Waals surface area contributed by atoms with Crippen LogP contribution in [0.5, 0.6) is 0 Å². The van der Waals surface area contributed by atoms with Gasteiger partial charge in [-0.3, -0.25) is 9.52 Å². The number of hydrogen-bond donors (Lipinski definition) is 2. The van der Waals surface area contributed by atoms with Crippen molar-refractivity contribution in [3.8, 4) is 0 Å².